The molecule has 2 rings (SSSR count). The van der Waals surface area contributed by atoms with E-state index >= 15 is 0 Å². The van der Waals surface area contributed by atoms with Crippen molar-refractivity contribution in [2.45, 2.75) is 40.5 Å². The molecule has 0 nitrogen and oxygen atoms in total. The molecule has 0 N–H and O–H groups in total. The van der Waals surface area contributed by atoms with E-state index in [1.807, 2.05) is 0 Å². The van der Waals surface area contributed by atoms with Gasteiger partial charge in [-0.3, -0.25) is 0 Å². The molecule has 0 aliphatic heterocycles. The van der Waals surface area contributed by atoms with E-state index in [-0.39, 0.29) is 24.8 Å². The Morgan fingerprint density at radius 2 is 1.28 bits per heavy atom. The van der Waals surface area contributed by atoms with Crippen LogP contribution in [0.5, 0.6) is 0 Å². The molecule has 0 unspecified atom stereocenters. The van der Waals surface area contributed by atoms with Crippen LogP contribution in [-0.2, 0) is 21.0 Å². The average molecular weight is 452 g/mol. The van der Waals surface area contributed by atoms with Crippen LogP contribution in [0.2, 0.25) is 0 Å². The van der Waals surface area contributed by atoms with E-state index in [1.54, 1.807) is 9.91 Å². The molecule has 2 aliphatic rings. The number of rotatable bonds is 2. The third-order valence-electron chi connectivity index (χ3n) is 3.23. The van der Waals surface area contributed by atoms with Gasteiger partial charge in [0.15, 0.2) is 0 Å². The molecule has 0 aromatic heterocycles. The minimum absolute atomic E-state index is 0. The zero-order chi connectivity index (χ0) is 11.7. The Hall–Kier alpha value is 0.280. The molecule has 0 spiro atoms. The third-order valence-corrected chi connectivity index (χ3v) is 13.9. The first-order valence-electron chi connectivity index (χ1n) is 6.01. The van der Waals surface area contributed by atoms with Gasteiger partial charge in [-0.2, -0.15) is 0 Å². The van der Waals surface area contributed by atoms with Crippen molar-refractivity contribution in [2.75, 3.05) is 0 Å². The molecule has 0 saturated heterocycles. The van der Waals surface area contributed by atoms with E-state index in [4.69, 9.17) is 0 Å². The van der Waals surface area contributed by atoms with Crippen LogP contribution in [0.1, 0.15) is 40.5 Å². The Balaban J connectivity index is 0.00000144. The monoisotopic (exact) mass is 452 g/mol. The summed E-state index contributed by atoms with van der Waals surface area (Å²) in [6.45, 7) is 9.16. The standard InChI is InChI=1S/2C6H7.C3H6.2ClH.Hf/c2*1-6-4-2-3-5-6;1-3-2;;;/h2*4-5H,2H2,1H3;1-2H3;2*1H;. The Kier molecular flexibility index (Phi) is 7.89. The van der Waals surface area contributed by atoms with Crippen molar-refractivity contribution in [1.82, 2.24) is 0 Å². The molecule has 18 heavy (non-hydrogen) atoms. The first-order chi connectivity index (χ1) is 7.58. The van der Waals surface area contributed by atoms with Crippen LogP contribution in [0.15, 0.2) is 42.1 Å². The number of halogens is 2. The van der Waals surface area contributed by atoms with Gasteiger partial charge < -0.3 is 0 Å². The second-order valence-corrected chi connectivity index (χ2v) is 15.9. The summed E-state index contributed by atoms with van der Waals surface area (Å²) in [5.41, 5.74) is 2.95. The van der Waals surface area contributed by atoms with Crippen LogP contribution < -0.4 is 0 Å². The fourth-order valence-electron chi connectivity index (χ4n) is 2.52. The average Bonchev–Trinajstić information content (AvgIpc) is 2.76. The topological polar surface area (TPSA) is 0 Å². The van der Waals surface area contributed by atoms with Gasteiger partial charge in [0.05, 0.1) is 0 Å². The molecule has 0 bridgehead atoms. The van der Waals surface area contributed by atoms with E-state index in [1.165, 1.54) is 24.0 Å². The second-order valence-electron chi connectivity index (χ2n) is 5.02. The van der Waals surface area contributed by atoms with Gasteiger partial charge in [0, 0.05) is 0 Å². The summed E-state index contributed by atoms with van der Waals surface area (Å²) in [5.74, 6) is 0. The second kappa shape index (κ2) is 7.77. The third kappa shape index (κ3) is 4.15. The Morgan fingerprint density at radius 3 is 1.50 bits per heavy atom. The van der Waals surface area contributed by atoms with Gasteiger partial charge in [-0.15, -0.1) is 24.8 Å². The molecule has 0 amide bonds. The first kappa shape index (κ1) is 18.3. The van der Waals surface area contributed by atoms with Crippen LogP contribution in [-0.4, -0.2) is 3.26 Å². The smallest absolute Gasteiger partial charge is 0.147 e. The summed E-state index contributed by atoms with van der Waals surface area (Å²) in [6.07, 6.45) is 12.2. The van der Waals surface area contributed by atoms with Crippen molar-refractivity contribution >= 4 is 28.1 Å². The molecule has 0 atom stereocenters. The van der Waals surface area contributed by atoms with Crippen molar-refractivity contribution in [3.8, 4) is 0 Å². The zero-order valence-corrected chi connectivity index (χ0v) is 16.8. The summed E-state index contributed by atoms with van der Waals surface area (Å²) in [4.78, 5) is 0. The molecular weight excluding hydrogens is 430 g/mol. The van der Waals surface area contributed by atoms with Crippen LogP contribution in [0.4, 0.5) is 0 Å². The van der Waals surface area contributed by atoms with Gasteiger partial charge in [0.1, 0.15) is 0 Å². The minimum Gasteiger partial charge on any atom is -0.147 e. The fourth-order valence-corrected chi connectivity index (χ4v) is 13.5. The number of hydrogen-bond acceptors (Lipinski definition) is 0. The molecule has 0 saturated carbocycles. The summed E-state index contributed by atoms with van der Waals surface area (Å²) in [6, 6.07) is 0. The normalized spacial score (nSPS) is 16.9. The van der Waals surface area contributed by atoms with E-state index < -0.39 is 21.0 Å². The Labute approximate surface area is 131 Å². The molecule has 0 aromatic rings. The largest absolute Gasteiger partial charge is 0.147 e. The molecule has 3 heteroatoms. The van der Waals surface area contributed by atoms with Crippen molar-refractivity contribution in [3.63, 3.8) is 0 Å². The van der Waals surface area contributed by atoms with Gasteiger partial charge in [-0.25, -0.2) is 0 Å². The van der Waals surface area contributed by atoms with Gasteiger partial charge in [0.2, 0.25) is 0 Å². The van der Waals surface area contributed by atoms with E-state index in [9.17, 15) is 0 Å². The molecule has 100 valence electrons. The van der Waals surface area contributed by atoms with Crippen LogP contribution in [0, 0.1) is 0 Å². The molecule has 2 aliphatic carbocycles. The molecule has 0 radical (unpaired) electrons. The molecule has 0 fully saturated rings. The molecule has 0 aromatic carbocycles. The van der Waals surface area contributed by atoms with Crippen LogP contribution in [0.25, 0.3) is 0 Å². The predicted octanol–water partition coefficient (Wildman–Crippen LogP) is 5.13. The van der Waals surface area contributed by atoms with Crippen molar-refractivity contribution in [3.05, 3.63) is 42.1 Å². The van der Waals surface area contributed by atoms with Crippen molar-refractivity contribution in [2.24, 2.45) is 0 Å². The Morgan fingerprint density at radius 1 is 0.889 bits per heavy atom. The van der Waals surface area contributed by atoms with E-state index in [0.29, 0.717) is 0 Å². The van der Waals surface area contributed by atoms with E-state index in [2.05, 4.69) is 52.0 Å². The minimum atomic E-state index is -1.77. The molecule has 0 heterocycles. The maximum atomic E-state index is 2.46. The van der Waals surface area contributed by atoms with Crippen LogP contribution in [0.3, 0.4) is 0 Å². The predicted molar refractivity (Wildman–Crippen MR) is 83.8 cm³/mol. The summed E-state index contributed by atoms with van der Waals surface area (Å²) in [5, 5.41) is 0. The summed E-state index contributed by atoms with van der Waals surface area (Å²) >= 11 is -1.77. The van der Waals surface area contributed by atoms with Crippen molar-refractivity contribution < 1.29 is 21.0 Å². The quantitative estimate of drug-likeness (QED) is 0.511. The Bertz CT molecular complexity index is 435. The van der Waals surface area contributed by atoms with Gasteiger partial charge in [0.25, 0.3) is 0 Å². The van der Waals surface area contributed by atoms with Gasteiger partial charge >= 0.3 is 107 Å². The maximum Gasteiger partial charge on any atom is -0.147 e. The van der Waals surface area contributed by atoms with Gasteiger partial charge in [-0.05, 0) is 0 Å². The number of allylic oxidation sites excluding steroid dienone is 8. The molecular formula is C15H22Cl2Hf. The zero-order valence-electron chi connectivity index (χ0n) is 11.5. The van der Waals surface area contributed by atoms with Gasteiger partial charge in [-0.1, -0.05) is 0 Å². The number of hydrogen-bond donors (Lipinski definition) is 0. The SMILES string of the molecule is CC1=CC[C]([Hf]([C]2=CC(C)=CC2)=[C](C)C)=C1.Cl.Cl. The first-order valence-corrected chi connectivity index (χ1v) is 11.4. The van der Waals surface area contributed by atoms with E-state index in [0.717, 1.165) is 0 Å². The van der Waals surface area contributed by atoms with Crippen LogP contribution >= 0.6 is 24.8 Å². The summed E-state index contributed by atoms with van der Waals surface area (Å²) < 4.78 is 5.31. The summed E-state index contributed by atoms with van der Waals surface area (Å²) in [7, 11) is 0. The fraction of sp³-hybridized carbons (Fsp3) is 0.400. The van der Waals surface area contributed by atoms with Crippen molar-refractivity contribution in [1.29, 1.82) is 0 Å². The maximum absolute atomic E-state index is 2.46.